The SMILES string of the molecule is CNS(=O)(=O)c1sc(C(=N)N)cc1S(=O)(=O)c1cccc(-c2cccc(C(C)=O)c2)c1.O=C(O)C(F)(F)F. The zero-order chi connectivity index (χ0) is 29.1. The first-order valence-corrected chi connectivity index (χ1v) is 13.9. The molecule has 0 aliphatic heterocycles. The van der Waals surface area contributed by atoms with E-state index in [2.05, 4.69) is 4.72 Å². The van der Waals surface area contributed by atoms with Gasteiger partial charge in [0.25, 0.3) is 10.0 Å². The number of rotatable bonds is 7. The molecular weight excluding hydrogens is 571 g/mol. The minimum Gasteiger partial charge on any atom is -0.475 e. The fourth-order valence-corrected chi connectivity index (χ4v) is 7.43. The highest BCUT2D eigenvalue weighted by atomic mass is 32.2. The third-order valence-corrected chi connectivity index (χ3v) is 9.87. The van der Waals surface area contributed by atoms with E-state index in [0.717, 1.165) is 6.07 Å². The van der Waals surface area contributed by atoms with E-state index in [0.29, 0.717) is 28.0 Å². The van der Waals surface area contributed by atoms with Crippen molar-refractivity contribution in [2.24, 2.45) is 5.73 Å². The third-order valence-electron chi connectivity index (χ3n) is 4.72. The van der Waals surface area contributed by atoms with E-state index in [-0.39, 0.29) is 15.6 Å². The molecule has 38 heavy (non-hydrogen) atoms. The maximum Gasteiger partial charge on any atom is 0.490 e. The molecule has 0 bridgehead atoms. The molecule has 3 rings (SSSR count). The Morgan fingerprint density at radius 2 is 1.53 bits per heavy atom. The first-order chi connectivity index (χ1) is 17.4. The highest BCUT2D eigenvalue weighted by Crippen LogP contribution is 2.35. The summed E-state index contributed by atoms with van der Waals surface area (Å²) in [5.41, 5.74) is 7.13. The molecule has 0 aliphatic carbocycles. The van der Waals surface area contributed by atoms with Crippen molar-refractivity contribution in [3.63, 3.8) is 0 Å². The number of nitrogens with one attached hydrogen (secondary N) is 2. The number of halogens is 3. The number of carbonyl (C=O) groups is 2. The van der Waals surface area contributed by atoms with Crippen LogP contribution in [0.4, 0.5) is 13.2 Å². The number of sulfonamides is 1. The molecule has 3 aromatic rings. The molecular formula is C22H20F3N3O7S3. The molecule has 2 aromatic carbocycles. The van der Waals surface area contributed by atoms with Crippen LogP contribution in [0.3, 0.4) is 0 Å². The van der Waals surface area contributed by atoms with Crippen LogP contribution in [0.15, 0.2) is 68.6 Å². The predicted molar refractivity (Wildman–Crippen MR) is 133 cm³/mol. The molecule has 16 heteroatoms. The molecule has 1 aromatic heterocycles. The zero-order valence-corrected chi connectivity index (χ0v) is 22.0. The molecule has 10 nitrogen and oxygen atoms in total. The Labute approximate surface area is 219 Å². The Kier molecular flexibility index (Phi) is 9.21. The van der Waals surface area contributed by atoms with Gasteiger partial charge in [-0.2, -0.15) is 13.2 Å². The zero-order valence-electron chi connectivity index (χ0n) is 19.5. The second kappa shape index (κ2) is 11.4. The summed E-state index contributed by atoms with van der Waals surface area (Å²) in [6.45, 7) is 1.44. The summed E-state index contributed by atoms with van der Waals surface area (Å²) in [5, 5.41) is 14.7. The second-order valence-corrected chi connectivity index (χ2v) is 12.4. The van der Waals surface area contributed by atoms with Gasteiger partial charge in [0.15, 0.2) is 9.99 Å². The maximum atomic E-state index is 13.4. The standard InChI is InChI=1S/C20H19N3O5S3.C2HF3O2/c1-12(24)13-5-3-6-14(9-13)15-7-4-8-16(10-15)30(25,26)18-11-17(19(21)22)29-20(18)31(27,28)23-2;3-2(4,5)1(6)7/h3-11,23H,1-2H3,(H3,21,22);(H,6,7). The average molecular weight is 592 g/mol. The molecule has 0 aliphatic rings. The van der Waals surface area contributed by atoms with Crippen LogP contribution in [-0.2, 0) is 24.7 Å². The van der Waals surface area contributed by atoms with Crippen molar-refractivity contribution in [1.29, 1.82) is 5.41 Å². The second-order valence-electron chi connectivity index (χ2n) is 7.35. The van der Waals surface area contributed by atoms with E-state index in [1.807, 2.05) is 0 Å². The molecule has 204 valence electrons. The van der Waals surface area contributed by atoms with Crippen LogP contribution >= 0.6 is 11.3 Å². The topological polar surface area (TPSA) is 185 Å². The number of aliphatic carboxylic acids is 1. The number of benzene rings is 2. The van der Waals surface area contributed by atoms with Crippen molar-refractivity contribution in [3.8, 4) is 11.1 Å². The molecule has 0 unspecified atom stereocenters. The van der Waals surface area contributed by atoms with Crippen molar-refractivity contribution in [1.82, 2.24) is 4.72 Å². The number of nitrogen functional groups attached to an aromatic ring is 1. The van der Waals surface area contributed by atoms with Gasteiger partial charge in [0.2, 0.25) is 9.84 Å². The minimum atomic E-state index is -5.08. The molecule has 0 saturated carbocycles. The van der Waals surface area contributed by atoms with Gasteiger partial charge in [-0.15, -0.1) is 11.3 Å². The van der Waals surface area contributed by atoms with Gasteiger partial charge >= 0.3 is 12.1 Å². The summed E-state index contributed by atoms with van der Waals surface area (Å²) in [6.07, 6.45) is -5.08. The number of hydrogen-bond donors (Lipinski definition) is 4. The minimum absolute atomic E-state index is 0.0257. The van der Waals surface area contributed by atoms with Crippen LogP contribution in [0.25, 0.3) is 11.1 Å². The summed E-state index contributed by atoms with van der Waals surface area (Å²) in [7, 11) is -7.20. The molecule has 0 spiro atoms. The Morgan fingerprint density at radius 1 is 1.00 bits per heavy atom. The monoisotopic (exact) mass is 591 g/mol. The highest BCUT2D eigenvalue weighted by molar-refractivity contribution is 7.95. The van der Waals surface area contributed by atoms with Crippen molar-refractivity contribution < 1.29 is 44.7 Å². The van der Waals surface area contributed by atoms with Gasteiger partial charge in [-0.25, -0.2) is 26.4 Å². The largest absolute Gasteiger partial charge is 0.490 e. The normalized spacial score (nSPS) is 11.8. The lowest BCUT2D eigenvalue weighted by Gasteiger charge is -2.09. The molecule has 1 heterocycles. The number of carboxylic acids is 1. The van der Waals surface area contributed by atoms with Crippen LogP contribution in [0.2, 0.25) is 0 Å². The van der Waals surface area contributed by atoms with Crippen LogP contribution in [-0.4, -0.2) is 52.8 Å². The smallest absolute Gasteiger partial charge is 0.475 e. The van der Waals surface area contributed by atoms with Gasteiger partial charge < -0.3 is 10.8 Å². The summed E-state index contributed by atoms with van der Waals surface area (Å²) in [5.74, 6) is -3.32. The Balaban J connectivity index is 0.000000638. The molecule has 0 amide bonds. The van der Waals surface area contributed by atoms with Crippen LogP contribution in [0.5, 0.6) is 0 Å². The van der Waals surface area contributed by atoms with Gasteiger partial charge in [0, 0.05) is 5.56 Å². The van der Waals surface area contributed by atoms with Crippen molar-refractivity contribution >= 4 is 48.8 Å². The molecule has 0 fully saturated rings. The van der Waals surface area contributed by atoms with E-state index >= 15 is 0 Å². The van der Waals surface area contributed by atoms with E-state index in [1.54, 1.807) is 30.3 Å². The number of nitrogens with two attached hydrogens (primary N) is 1. The number of ketones is 1. The van der Waals surface area contributed by atoms with E-state index in [9.17, 15) is 34.8 Å². The molecule has 0 atom stereocenters. The first kappa shape index (κ1) is 30.6. The van der Waals surface area contributed by atoms with Crippen molar-refractivity contribution in [2.75, 3.05) is 7.05 Å². The van der Waals surface area contributed by atoms with Gasteiger partial charge in [0.1, 0.15) is 10.7 Å². The van der Waals surface area contributed by atoms with Gasteiger partial charge in [-0.3, -0.25) is 10.2 Å². The number of Topliss-reactive ketones (excluding diaryl/α,β-unsaturated/α-hetero) is 1. The molecule has 5 N–H and O–H groups in total. The quantitative estimate of drug-likeness (QED) is 0.183. The summed E-state index contributed by atoms with van der Waals surface area (Å²) in [4.78, 5) is 20.0. The van der Waals surface area contributed by atoms with E-state index in [1.165, 1.54) is 32.2 Å². The Bertz CT molecular complexity index is 1610. The number of alkyl halides is 3. The highest BCUT2D eigenvalue weighted by Gasteiger charge is 2.38. The lowest BCUT2D eigenvalue weighted by Crippen LogP contribution is -2.21. The molecule has 0 saturated heterocycles. The van der Waals surface area contributed by atoms with Crippen molar-refractivity contribution in [3.05, 3.63) is 65.0 Å². The van der Waals surface area contributed by atoms with Gasteiger partial charge in [-0.1, -0.05) is 30.3 Å². The van der Waals surface area contributed by atoms with Crippen LogP contribution < -0.4 is 10.5 Å². The van der Waals surface area contributed by atoms with Crippen LogP contribution in [0, 0.1) is 5.41 Å². The van der Waals surface area contributed by atoms with E-state index in [4.69, 9.17) is 21.0 Å². The molecule has 0 radical (unpaired) electrons. The number of sulfone groups is 1. The number of hydrogen-bond acceptors (Lipinski definition) is 8. The maximum absolute atomic E-state index is 13.4. The number of carboxylic acid groups (broad SMARTS) is 1. The van der Waals surface area contributed by atoms with Crippen LogP contribution in [0.1, 0.15) is 22.2 Å². The Morgan fingerprint density at radius 3 is 2.00 bits per heavy atom. The number of carbonyl (C=O) groups excluding carboxylic acids is 1. The summed E-state index contributed by atoms with van der Waals surface area (Å²) in [6, 6.07) is 13.8. The fourth-order valence-electron chi connectivity index (χ4n) is 2.85. The predicted octanol–water partition coefficient (Wildman–Crippen LogP) is 3.28. The lowest BCUT2D eigenvalue weighted by molar-refractivity contribution is -0.192. The number of amidine groups is 1. The van der Waals surface area contributed by atoms with Gasteiger partial charge in [-0.05, 0) is 49.4 Å². The van der Waals surface area contributed by atoms with E-state index < -0.39 is 46.9 Å². The van der Waals surface area contributed by atoms with Crippen molar-refractivity contribution in [2.45, 2.75) is 27.1 Å². The summed E-state index contributed by atoms with van der Waals surface area (Å²) >= 11 is 0.610. The lowest BCUT2D eigenvalue weighted by atomic mass is 10.0. The first-order valence-electron chi connectivity index (χ1n) is 10.1. The Hall–Kier alpha value is -3.60. The average Bonchev–Trinajstić information content (AvgIpc) is 3.32. The third kappa shape index (κ3) is 7.03. The fraction of sp³-hybridized carbons (Fsp3) is 0.136. The number of thiophene rings is 1. The van der Waals surface area contributed by atoms with Gasteiger partial charge in [0.05, 0.1) is 9.77 Å². The summed E-state index contributed by atoms with van der Waals surface area (Å²) < 4.78 is 85.0.